The molecular weight excluding hydrogens is 262 g/mol. The molecule has 1 unspecified atom stereocenters. The third-order valence-electron chi connectivity index (χ3n) is 2.61. The van der Waals surface area contributed by atoms with Gasteiger partial charge in [-0.2, -0.15) is 5.10 Å². The quantitative estimate of drug-likeness (QED) is 0.827. The number of alkyl halides is 1. The Balaban J connectivity index is 3.05. The minimum absolute atomic E-state index is 0.184. The molecule has 0 spiro atoms. The second kappa shape index (κ2) is 5.37. The summed E-state index contributed by atoms with van der Waals surface area (Å²) >= 11 is 5.59. The molecule has 0 aliphatic carbocycles. The highest BCUT2D eigenvalue weighted by Crippen LogP contribution is 2.18. The maximum atomic E-state index is 12.2. The largest absolute Gasteiger partial charge is 0.271 e. The predicted molar refractivity (Wildman–Crippen MR) is 67.8 cm³/mol. The molecule has 0 aliphatic heterocycles. The van der Waals surface area contributed by atoms with E-state index in [2.05, 4.69) is 9.82 Å². The van der Waals surface area contributed by atoms with E-state index >= 15 is 0 Å². The van der Waals surface area contributed by atoms with Crippen molar-refractivity contribution in [1.82, 2.24) is 14.5 Å². The van der Waals surface area contributed by atoms with Crippen molar-refractivity contribution in [3.8, 4) is 0 Å². The normalized spacial score (nSPS) is 13.9. The molecule has 1 heterocycles. The molecule has 0 radical (unpaired) electrons. The van der Waals surface area contributed by atoms with Gasteiger partial charge in [0.05, 0.1) is 11.4 Å². The lowest BCUT2D eigenvalue weighted by Gasteiger charge is -2.13. The van der Waals surface area contributed by atoms with Crippen molar-refractivity contribution < 1.29 is 8.42 Å². The Morgan fingerprint density at radius 2 is 2.06 bits per heavy atom. The van der Waals surface area contributed by atoms with Crippen LogP contribution in [-0.2, 0) is 17.1 Å². The summed E-state index contributed by atoms with van der Waals surface area (Å²) < 4.78 is 28.5. The third-order valence-corrected chi connectivity index (χ3v) is 4.67. The summed E-state index contributed by atoms with van der Waals surface area (Å²) in [5, 5.41) is 4.10. The standard InChI is InChI=1S/C10H18ClN3O2S/c1-7(5-6-11)13-17(15,16)10-8(2)12-14(4)9(10)3/h7,13H,5-6H2,1-4H3. The highest BCUT2D eigenvalue weighted by atomic mass is 35.5. The van der Waals surface area contributed by atoms with Crippen LogP contribution in [0.3, 0.4) is 0 Å². The molecule has 98 valence electrons. The van der Waals surface area contributed by atoms with Gasteiger partial charge in [-0.15, -0.1) is 11.6 Å². The van der Waals surface area contributed by atoms with E-state index in [9.17, 15) is 8.42 Å². The van der Waals surface area contributed by atoms with Gasteiger partial charge in [-0.3, -0.25) is 4.68 Å². The SMILES string of the molecule is Cc1nn(C)c(C)c1S(=O)(=O)NC(C)CCCl. The van der Waals surface area contributed by atoms with Gasteiger partial charge in [-0.1, -0.05) is 0 Å². The van der Waals surface area contributed by atoms with Gasteiger partial charge in [-0.25, -0.2) is 13.1 Å². The Morgan fingerprint density at radius 1 is 1.47 bits per heavy atom. The molecule has 0 saturated heterocycles. The molecule has 0 amide bonds. The monoisotopic (exact) mass is 279 g/mol. The van der Waals surface area contributed by atoms with Crippen molar-refractivity contribution >= 4 is 21.6 Å². The molecule has 1 aromatic rings. The summed E-state index contributed by atoms with van der Waals surface area (Å²) in [4.78, 5) is 0.265. The molecule has 17 heavy (non-hydrogen) atoms. The average Bonchev–Trinajstić information content (AvgIpc) is 2.40. The number of halogens is 1. The van der Waals surface area contributed by atoms with Gasteiger partial charge in [0.1, 0.15) is 4.90 Å². The summed E-state index contributed by atoms with van der Waals surface area (Å²) in [6.07, 6.45) is 0.596. The Kier molecular flexibility index (Phi) is 4.57. The van der Waals surface area contributed by atoms with Gasteiger partial charge >= 0.3 is 0 Å². The van der Waals surface area contributed by atoms with Gasteiger partial charge in [-0.05, 0) is 27.2 Å². The molecule has 0 saturated carbocycles. The highest BCUT2D eigenvalue weighted by molar-refractivity contribution is 7.89. The van der Waals surface area contributed by atoms with Crippen LogP contribution in [0.15, 0.2) is 4.90 Å². The van der Waals surface area contributed by atoms with Crippen LogP contribution in [0.5, 0.6) is 0 Å². The molecule has 0 fully saturated rings. The van der Waals surface area contributed by atoms with Gasteiger partial charge in [0.25, 0.3) is 0 Å². The summed E-state index contributed by atoms with van der Waals surface area (Å²) in [6.45, 7) is 5.22. The first-order chi connectivity index (χ1) is 7.79. The van der Waals surface area contributed by atoms with Crippen LogP contribution in [0, 0.1) is 13.8 Å². The van der Waals surface area contributed by atoms with Crippen molar-refractivity contribution in [1.29, 1.82) is 0 Å². The fourth-order valence-corrected chi connectivity index (χ4v) is 3.73. The zero-order valence-electron chi connectivity index (χ0n) is 10.5. The van der Waals surface area contributed by atoms with Crippen molar-refractivity contribution in [2.45, 2.75) is 38.1 Å². The van der Waals surface area contributed by atoms with Crippen molar-refractivity contribution in [3.05, 3.63) is 11.4 Å². The molecule has 7 heteroatoms. The highest BCUT2D eigenvalue weighted by Gasteiger charge is 2.24. The summed E-state index contributed by atoms with van der Waals surface area (Å²) in [6, 6.07) is -0.184. The van der Waals surface area contributed by atoms with Crippen molar-refractivity contribution in [2.24, 2.45) is 7.05 Å². The topological polar surface area (TPSA) is 64.0 Å². The molecule has 1 rings (SSSR count). The smallest absolute Gasteiger partial charge is 0.244 e. The maximum Gasteiger partial charge on any atom is 0.244 e. The molecule has 1 atom stereocenters. The zero-order valence-corrected chi connectivity index (χ0v) is 12.1. The first-order valence-electron chi connectivity index (χ1n) is 5.38. The van der Waals surface area contributed by atoms with E-state index in [1.54, 1.807) is 32.5 Å². The summed E-state index contributed by atoms with van der Waals surface area (Å²) in [5.74, 6) is 0.425. The van der Waals surface area contributed by atoms with Crippen LogP contribution in [-0.4, -0.2) is 30.1 Å². The Bertz CT molecular complexity index is 496. The van der Waals surface area contributed by atoms with Gasteiger partial charge < -0.3 is 0 Å². The van der Waals surface area contributed by atoms with Crippen LogP contribution >= 0.6 is 11.6 Å². The third kappa shape index (κ3) is 3.20. The molecule has 5 nitrogen and oxygen atoms in total. The number of aromatic nitrogens is 2. The molecule has 1 N–H and O–H groups in total. The number of nitrogens with zero attached hydrogens (tertiary/aromatic N) is 2. The van der Waals surface area contributed by atoms with Gasteiger partial charge in [0.2, 0.25) is 10.0 Å². The maximum absolute atomic E-state index is 12.2. The van der Waals surface area contributed by atoms with Crippen molar-refractivity contribution in [2.75, 3.05) is 5.88 Å². The van der Waals surface area contributed by atoms with Crippen LogP contribution in [0.25, 0.3) is 0 Å². The minimum atomic E-state index is -3.51. The Morgan fingerprint density at radius 3 is 2.47 bits per heavy atom. The summed E-state index contributed by atoms with van der Waals surface area (Å²) in [5.41, 5.74) is 1.14. The molecule has 0 bridgehead atoms. The molecule has 0 aliphatic rings. The second-order valence-corrected chi connectivity index (χ2v) is 6.15. The van der Waals surface area contributed by atoms with E-state index in [1.165, 1.54) is 0 Å². The second-order valence-electron chi connectivity index (χ2n) is 4.12. The van der Waals surface area contributed by atoms with E-state index in [1.807, 2.05) is 0 Å². The lowest BCUT2D eigenvalue weighted by atomic mass is 10.3. The fourth-order valence-electron chi connectivity index (χ4n) is 1.69. The van der Waals surface area contributed by atoms with E-state index in [-0.39, 0.29) is 10.9 Å². The first kappa shape index (κ1) is 14.5. The van der Waals surface area contributed by atoms with Crippen molar-refractivity contribution in [3.63, 3.8) is 0 Å². The number of aryl methyl sites for hydroxylation is 2. The van der Waals surface area contributed by atoms with Crippen LogP contribution in [0.4, 0.5) is 0 Å². The van der Waals surface area contributed by atoms with Crippen LogP contribution < -0.4 is 4.72 Å². The van der Waals surface area contributed by atoms with Crippen LogP contribution in [0.2, 0.25) is 0 Å². The zero-order chi connectivity index (χ0) is 13.2. The number of rotatable bonds is 5. The molecule has 1 aromatic heterocycles. The number of hydrogen-bond donors (Lipinski definition) is 1. The van der Waals surface area contributed by atoms with Gasteiger partial charge in [0, 0.05) is 19.0 Å². The average molecular weight is 280 g/mol. The number of nitrogens with one attached hydrogen (secondary N) is 1. The van der Waals surface area contributed by atoms with Crippen LogP contribution in [0.1, 0.15) is 24.7 Å². The lowest BCUT2D eigenvalue weighted by Crippen LogP contribution is -2.33. The Hall–Kier alpha value is -0.590. The molecule has 0 aromatic carbocycles. The minimum Gasteiger partial charge on any atom is -0.271 e. The van der Waals surface area contributed by atoms with Gasteiger partial charge in [0.15, 0.2) is 0 Å². The Labute approximate surface area is 107 Å². The van der Waals surface area contributed by atoms with E-state index in [0.717, 1.165) is 0 Å². The van der Waals surface area contributed by atoms with E-state index < -0.39 is 10.0 Å². The first-order valence-corrected chi connectivity index (χ1v) is 7.40. The predicted octanol–water partition coefficient (Wildman–Crippen LogP) is 1.33. The van der Waals surface area contributed by atoms with E-state index in [4.69, 9.17) is 11.6 Å². The fraction of sp³-hybridized carbons (Fsp3) is 0.700. The lowest BCUT2D eigenvalue weighted by molar-refractivity contribution is 0.555. The summed E-state index contributed by atoms with van der Waals surface area (Å²) in [7, 11) is -1.79. The number of sulfonamides is 1. The van der Waals surface area contributed by atoms with E-state index in [0.29, 0.717) is 23.7 Å². The number of hydrogen-bond acceptors (Lipinski definition) is 3. The molecular formula is C10H18ClN3O2S.